The number of carboxylic acid groups (broad SMARTS) is 1. The third-order valence-corrected chi connectivity index (χ3v) is 6.94. The van der Waals surface area contributed by atoms with Gasteiger partial charge in [-0.25, -0.2) is 22.9 Å². The highest BCUT2D eigenvalue weighted by Crippen LogP contribution is 2.50. The molecule has 5 rings (SSSR count). The highest BCUT2D eigenvalue weighted by Gasteiger charge is 2.49. The van der Waals surface area contributed by atoms with Crippen LogP contribution in [-0.4, -0.2) is 50.2 Å². The third kappa shape index (κ3) is 3.67. The molecule has 35 heavy (non-hydrogen) atoms. The first-order chi connectivity index (χ1) is 16.6. The van der Waals surface area contributed by atoms with Gasteiger partial charge in [0.15, 0.2) is 17.3 Å². The van der Waals surface area contributed by atoms with Gasteiger partial charge >= 0.3 is 5.97 Å². The number of nitrogens with zero attached hydrogens (tertiary/aromatic N) is 3. The molecule has 0 aliphatic heterocycles. The van der Waals surface area contributed by atoms with Crippen LogP contribution in [0.3, 0.4) is 0 Å². The fourth-order valence-electron chi connectivity index (χ4n) is 5.40. The minimum absolute atomic E-state index is 0.124. The van der Waals surface area contributed by atoms with Crippen LogP contribution < -0.4 is 0 Å². The van der Waals surface area contributed by atoms with Gasteiger partial charge in [0.2, 0.25) is 5.67 Å². The maximum Gasteiger partial charge on any atom is 0.341 e. The number of fused-ring (bicyclic) bond motifs is 2. The first kappa shape index (κ1) is 23.3. The van der Waals surface area contributed by atoms with E-state index in [0.29, 0.717) is 45.4 Å². The summed E-state index contributed by atoms with van der Waals surface area (Å²) in [6.07, 6.45) is 1.58. The van der Waals surface area contributed by atoms with E-state index in [1.54, 1.807) is 17.9 Å². The van der Waals surface area contributed by atoms with Gasteiger partial charge in [0.05, 0.1) is 23.8 Å². The summed E-state index contributed by atoms with van der Waals surface area (Å²) in [5, 5.41) is 17.1. The van der Waals surface area contributed by atoms with Gasteiger partial charge < -0.3 is 14.4 Å². The number of aromatic amines is 1. The van der Waals surface area contributed by atoms with Gasteiger partial charge in [-0.2, -0.15) is 5.10 Å². The number of methoxy groups -OCH3 is 1. The molecule has 1 aromatic carbocycles. The molecule has 184 valence electrons. The minimum Gasteiger partial charge on any atom is -0.479 e. The molecule has 1 aliphatic rings. The number of H-pyrrole nitrogens is 1. The van der Waals surface area contributed by atoms with Crippen LogP contribution in [0.1, 0.15) is 50.3 Å². The average molecular weight is 486 g/mol. The molecule has 0 amide bonds. The Morgan fingerprint density at radius 3 is 2.74 bits per heavy atom. The number of alkyl halides is 1. The quantitative estimate of drug-likeness (QED) is 0.393. The fraction of sp³-hybridized carbons (Fsp3) is 0.400. The molecular weight excluding hydrogens is 461 g/mol. The first-order valence-corrected chi connectivity index (χ1v) is 11.3. The summed E-state index contributed by atoms with van der Waals surface area (Å²) in [4.78, 5) is 16.5. The highest BCUT2D eigenvalue weighted by atomic mass is 19.2. The van der Waals surface area contributed by atoms with Crippen LogP contribution in [0.15, 0.2) is 30.5 Å². The van der Waals surface area contributed by atoms with Crippen LogP contribution in [0, 0.1) is 11.6 Å². The van der Waals surface area contributed by atoms with Crippen molar-refractivity contribution in [3.05, 3.63) is 53.4 Å². The number of aliphatic carboxylic acids is 1. The van der Waals surface area contributed by atoms with Crippen LogP contribution in [-0.2, 0) is 14.9 Å². The number of hydrogen-bond acceptors (Lipinski definition) is 4. The molecule has 0 saturated heterocycles. The Balaban J connectivity index is 1.88. The number of carbonyl (C=O) groups is 1. The normalized spacial score (nSPS) is 20.8. The van der Waals surface area contributed by atoms with E-state index >= 15 is 4.39 Å². The molecule has 10 heteroatoms. The molecule has 7 nitrogen and oxygen atoms in total. The summed E-state index contributed by atoms with van der Waals surface area (Å²) >= 11 is 0. The Hall–Kier alpha value is -3.40. The molecule has 0 radical (unpaired) electrons. The van der Waals surface area contributed by atoms with Crippen molar-refractivity contribution in [2.45, 2.75) is 50.1 Å². The Bertz CT molecular complexity index is 1460. The van der Waals surface area contributed by atoms with Crippen LogP contribution in [0.2, 0.25) is 0 Å². The van der Waals surface area contributed by atoms with Crippen LogP contribution in [0.4, 0.5) is 13.2 Å². The fourth-order valence-corrected chi connectivity index (χ4v) is 5.40. The van der Waals surface area contributed by atoms with Crippen LogP contribution in [0.5, 0.6) is 0 Å². The molecule has 4 aromatic rings. The zero-order chi connectivity index (χ0) is 25.1. The molecule has 1 fully saturated rings. The van der Waals surface area contributed by atoms with Gasteiger partial charge in [-0.1, -0.05) is 13.8 Å². The number of rotatable bonds is 6. The van der Waals surface area contributed by atoms with Crippen molar-refractivity contribution < 1.29 is 27.8 Å². The Kier molecular flexibility index (Phi) is 5.39. The van der Waals surface area contributed by atoms with Crippen LogP contribution in [0.25, 0.3) is 27.8 Å². The minimum atomic E-state index is -2.35. The van der Waals surface area contributed by atoms with E-state index < -0.39 is 34.6 Å². The summed E-state index contributed by atoms with van der Waals surface area (Å²) in [6, 6.07) is 5.47. The van der Waals surface area contributed by atoms with E-state index in [2.05, 4.69) is 10.2 Å². The van der Waals surface area contributed by atoms with Gasteiger partial charge in [0, 0.05) is 40.9 Å². The number of carboxylic acids is 1. The number of aromatic nitrogens is 4. The van der Waals surface area contributed by atoms with E-state index in [-0.39, 0.29) is 19.4 Å². The highest BCUT2D eigenvalue weighted by molar-refractivity contribution is 5.94. The van der Waals surface area contributed by atoms with Crippen molar-refractivity contribution in [1.82, 2.24) is 19.7 Å². The summed E-state index contributed by atoms with van der Waals surface area (Å²) < 4.78 is 50.7. The van der Waals surface area contributed by atoms with Gasteiger partial charge in [0.1, 0.15) is 0 Å². The number of nitrogens with one attached hydrogen (secondary N) is 1. The molecule has 3 heterocycles. The molecule has 0 unspecified atom stereocenters. The second-order valence-electron chi connectivity index (χ2n) is 9.89. The number of benzene rings is 1. The number of ether oxygens (including phenoxy) is 1. The molecule has 2 N–H and O–H groups in total. The molecule has 0 spiro atoms. The van der Waals surface area contributed by atoms with E-state index in [1.807, 2.05) is 19.9 Å². The van der Waals surface area contributed by atoms with Crippen molar-refractivity contribution in [2.24, 2.45) is 0 Å². The molecule has 3 aromatic heterocycles. The summed E-state index contributed by atoms with van der Waals surface area (Å²) in [5.74, 6) is -3.92. The predicted molar refractivity (Wildman–Crippen MR) is 124 cm³/mol. The van der Waals surface area contributed by atoms with Crippen molar-refractivity contribution in [1.29, 1.82) is 0 Å². The largest absolute Gasteiger partial charge is 0.479 e. The zero-order valence-electron chi connectivity index (χ0n) is 19.5. The Morgan fingerprint density at radius 1 is 1.31 bits per heavy atom. The summed E-state index contributed by atoms with van der Waals surface area (Å²) in [7, 11) is 1.56. The topological polar surface area (TPSA) is 93.0 Å². The second-order valence-corrected chi connectivity index (χ2v) is 9.89. The predicted octanol–water partition coefficient (Wildman–Crippen LogP) is 5.16. The summed E-state index contributed by atoms with van der Waals surface area (Å²) in [6.45, 7) is 4.14. The van der Waals surface area contributed by atoms with Crippen LogP contribution >= 0.6 is 0 Å². The lowest BCUT2D eigenvalue weighted by molar-refractivity contribution is -0.150. The Labute approximate surface area is 198 Å². The number of pyridine rings is 1. The maximum atomic E-state index is 15.2. The van der Waals surface area contributed by atoms with Gasteiger partial charge in [0.25, 0.3) is 0 Å². The van der Waals surface area contributed by atoms with E-state index in [0.717, 1.165) is 12.1 Å². The standard InChI is InChI=1S/C25H25F3N4O3/c1-24(2,12-35-3)21-19(13-6-7-25(28,10-13)23(33)34)20-18(8-14-11-29-31-22(14)30-20)32(21)15-4-5-16(26)17(27)9-15/h4-5,8-9,11,13H,6-7,10,12H2,1-3H3,(H,33,34)(H,29,30,31)/t13-,25+/m1/s1. The zero-order valence-corrected chi connectivity index (χ0v) is 19.5. The SMILES string of the molecule is COCC(C)(C)c1c([C@@H]2CC[C@@](F)(C(=O)O)C2)c2nc3[nH]ncc3cc2n1-c1ccc(F)c(F)c1. The smallest absolute Gasteiger partial charge is 0.341 e. The van der Waals surface area contributed by atoms with Gasteiger partial charge in [-0.3, -0.25) is 5.10 Å². The molecule has 1 saturated carbocycles. The Morgan fingerprint density at radius 2 is 2.09 bits per heavy atom. The van der Waals surface area contributed by atoms with E-state index in [1.165, 1.54) is 6.07 Å². The van der Waals surface area contributed by atoms with E-state index in [9.17, 15) is 18.7 Å². The van der Waals surface area contributed by atoms with Crippen molar-refractivity contribution in [2.75, 3.05) is 13.7 Å². The monoisotopic (exact) mass is 486 g/mol. The van der Waals surface area contributed by atoms with Crippen molar-refractivity contribution in [3.63, 3.8) is 0 Å². The average Bonchev–Trinajstić information content (AvgIpc) is 3.50. The number of hydrogen-bond donors (Lipinski definition) is 2. The lowest BCUT2D eigenvalue weighted by atomic mass is 9.82. The molecular formula is C25H25F3N4O3. The third-order valence-electron chi connectivity index (χ3n) is 6.94. The molecule has 1 aliphatic carbocycles. The lowest BCUT2D eigenvalue weighted by Gasteiger charge is -2.29. The number of halogens is 3. The van der Waals surface area contributed by atoms with E-state index in [4.69, 9.17) is 9.72 Å². The summed E-state index contributed by atoms with van der Waals surface area (Å²) in [5.41, 5.74) is 0.369. The van der Waals surface area contributed by atoms with Gasteiger partial charge in [-0.05, 0) is 43.4 Å². The maximum absolute atomic E-state index is 15.2. The first-order valence-electron chi connectivity index (χ1n) is 11.3. The van der Waals surface area contributed by atoms with Crippen molar-refractivity contribution >= 4 is 28.0 Å². The molecule has 0 bridgehead atoms. The lowest BCUT2D eigenvalue weighted by Crippen LogP contribution is -2.31. The van der Waals surface area contributed by atoms with Gasteiger partial charge in [-0.15, -0.1) is 0 Å². The molecule has 2 atom stereocenters. The second kappa shape index (κ2) is 8.08. The van der Waals surface area contributed by atoms with Crippen molar-refractivity contribution in [3.8, 4) is 5.69 Å².